The van der Waals surface area contributed by atoms with Gasteiger partial charge in [-0.15, -0.1) is 0 Å². The lowest BCUT2D eigenvalue weighted by molar-refractivity contribution is 0.0595. The van der Waals surface area contributed by atoms with E-state index in [0.717, 1.165) is 12.3 Å². The summed E-state index contributed by atoms with van der Waals surface area (Å²) < 4.78 is 18.0. The molecule has 0 fully saturated rings. The number of carbonyl (C=O) groups is 1. The van der Waals surface area contributed by atoms with Gasteiger partial charge in [-0.3, -0.25) is 0 Å². The minimum Gasteiger partial charge on any atom is -0.464 e. The van der Waals surface area contributed by atoms with Gasteiger partial charge < -0.3 is 4.74 Å². The van der Waals surface area contributed by atoms with Gasteiger partial charge in [-0.05, 0) is 18.2 Å². The van der Waals surface area contributed by atoms with E-state index in [1.807, 2.05) is 0 Å². The maximum Gasteiger partial charge on any atom is 0.357 e. The SMILES string of the molecule is COC(=O)c1ncc(F)cc1-c1c(Cl)cccc1Cl. The average molecular weight is 300 g/mol. The number of rotatable bonds is 2. The van der Waals surface area contributed by atoms with E-state index in [1.165, 1.54) is 7.11 Å². The molecule has 1 heterocycles. The summed E-state index contributed by atoms with van der Waals surface area (Å²) >= 11 is 12.1. The molecule has 0 radical (unpaired) electrons. The quantitative estimate of drug-likeness (QED) is 0.787. The number of pyridine rings is 1. The molecule has 1 aromatic heterocycles. The molecule has 3 nitrogen and oxygen atoms in total. The number of hydrogen-bond acceptors (Lipinski definition) is 3. The molecule has 0 bridgehead atoms. The van der Waals surface area contributed by atoms with Crippen LogP contribution in [-0.2, 0) is 4.74 Å². The van der Waals surface area contributed by atoms with E-state index < -0.39 is 11.8 Å². The molecule has 0 aliphatic rings. The van der Waals surface area contributed by atoms with Crippen LogP contribution < -0.4 is 0 Å². The molecule has 0 saturated heterocycles. The highest BCUT2D eigenvalue weighted by atomic mass is 35.5. The Morgan fingerprint density at radius 2 is 1.95 bits per heavy atom. The van der Waals surface area contributed by atoms with Crippen molar-refractivity contribution in [2.24, 2.45) is 0 Å². The van der Waals surface area contributed by atoms with E-state index >= 15 is 0 Å². The van der Waals surface area contributed by atoms with Crippen LogP contribution in [0.5, 0.6) is 0 Å². The van der Waals surface area contributed by atoms with Gasteiger partial charge in [-0.25, -0.2) is 14.2 Å². The van der Waals surface area contributed by atoms with Crippen molar-refractivity contribution in [3.63, 3.8) is 0 Å². The predicted molar refractivity (Wildman–Crippen MR) is 71.0 cm³/mol. The van der Waals surface area contributed by atoms with Crippen molar-refractivity contribution in [1.82, 2.24) is 4.98 Å². The minimum absolute atomic E-state index is 0.0427. The summed E-state index contributed by atoms with van der Waals surface area (Å²) in [5.41, 5.74) is 0.500. The van der Waals surface area contributed by atoms with Crippen LogP contribution in [0.4, 0.5) is 4.39 Å². The molecule has 0 amide bonds. The van der Waals surface area contributed by atoms with Crippen LogP contribution in [0.15, 0.2) is 30.5 Å². The first-order chi connectivity index (χ1) is 9.04. The van der Waals surface area contributed by atoms with Crippen LogP contribution in [0.25, 0.3) is 11.1 Å². The van der Waals surface area contributed by atoms with Crippen molar-refractivity contribution in [2.75, 3.05) is 7.11 Å². The highest BCUT2D eigenvalue weighted by Crippen LogP contribution is 2.36. The lowest BCUT2D eigenvalue weighted by Gasteiger charge is -2.10. The first-order valence-corrected chi connectivity index (χ1v) is 5.98. The number of methoxy groups -OCH3 is 1. The molecular formula is C13H8Cl2FNO2. The highest BCUT2D eigenvalue weighted by Gasteiger charge is 2.19. The van der Waals surface area contributed by atoms with Gasteiger partial charge in [-0.1, -0.05) is 29.3 Å². The normalized spacial score (nSPS) is 10.3. The van der Waals surface area contributed by atoms with Gasteiger partial charge >= 0.3 is 5.97 Å². The summed E-state index contributed by atoms with van der Waals surface area (Å²) in [4.78, 5) is 15.4. The topological polar surface area (TPSA) is 39.2 Å². The van der Waals surface area contributed by atoms with E-state index in [1.54, 1.807) is 18.2 Å². The van der Waals surface area contributed by atoms with Crippen molar-refractivity contribution in [2.45, 2.75) is 0 Å². The largest absolute Gasteiger partial charge is 0.464 e. The number of hydrogen-bond donors (Lipinski definition) is 0. The Balaban J connectivity index is 2.74. The highest BCUT2D eigenvalue weighted by molar-refractivity contribution is 6.39. The summed E-state index contributed by atoms with van der Waals surface area (Å²) in [5, 5.41) is 0.593. The zero-order valence-electron chi connectivity index (χ0n) is 9.78. The molecule has 0 unspecified atom stereocenters. The smallest absolute Gasteiger partial charge is 0.357 e. The minimum atomic E-state index is -0.689. The Labute approximate surface area is 118 Å². The maximum absolute atomic E-state index is 13.4. The molecule has 19 heavy (non-hydrogen) atoms. The second-order valence-corrected chi connectivity index (χ2v) is 4.45. The average Bonchev–Trinajstić information content (AvgIpc) is 2.38. The Hall–Kier alpha value is -1.65. The summed E-state index contributed by atoms with van der Waals surface area (Å²) in [7, 11) is 1.21. The van der Waals surface area contributed by atoms with Gasteiger partial charge in [0.15, 0.2) is 5.69 Å². The monoisotopic (exact) mass is 299 g/mol. The van der Waals surface area contributed by atoms with Crippen LogP contribution in [0.2, 0.25) is 10.0 Å². The number of aromatic nitrogens is 1. The first-order valence-electron chi connectivity index (χ1n) is 5.23. The van der Waals surface area contributed by atoms with E-state index in [4.69, 9.17) is 23.2 Å². The molecule has 98 valence electrons. The molecule has 0 saturated carbocycles. The lowest BCUT2D eigenvalue weighted by Crippen LogP contribution is -2.07. The number of halogens is 3. The third kappa shape index (κ3) is 2.69. The zero-order valence-corrected chi connectivity index (χ0v) is 11.3. The van der Waals surface area contributed by atoms with Gasteiger partial charge in [0.1, 0.15) is 5.82 Å². The molecule has 0 aliphatic heterocycles. The van der Waals surface area contributed by atoms with Gasteiger partial charge in [0.25, 0.3) is 0 Å². The van der Waals surface area contributed by atoms with E-state index in [0.29, 0.717) is 15.6 Å². The second-order valence-electron chi connectivity index (χ2n) is 3.64. The van der Waals surface area contributed by atoms with Crippen molar-refractivity contribution in [3.8, 4) is 11.1 Å². The fourth-order valence-corrected chi connectivity index (χ4v) is 2.25. The number of carbonyl (C=O) groups excluding carboxylic acids is 1. The van der Waals surface area contributed by atoms with E-state index in [9.17, 15) is 9.18 Å². The van der Waals surface area contributed by atoms with Crippen molar-refractivity contribution in [1.29, 1.82) is 0 Å². The number of esters is 1. The third-order valence-corrected chi connectivity index (χ3v) is 3.10. The summed E-state index contributed by atoms with van der Waals surface area (Å²) in [6, 6.07) is 5.98. The maximum atomic E-state index is 13.4. The third-order valence-electron chi connectivity index (χ3n) is 2.47. The van der Waals surface area contributed by atoms with Crippen LogP contribution >= 0.6 is 23.2 Å². The zero-order chi connectivity index (χ0) is 14.0. The lowest BCUT2D eigenvalue weighted by atomic mass is 10.0. The van der Waals surface area contributed by atoms with E-state index in [-0.39, 0.29) is 11.3 Å². The number of benzene rings is 1. The van der Waals surface area contributed by atoms with Gasteiger partial charge in [0.2, 0.25) is 0 Å². The van der Waals surface area contributed by atoms with Gasteiger partial charge in [0, 0.05) is 21.2 Å². The number of nitrogens with zero attached hydrogens (tertiary/aromatic N) is 1. The predicted octanol–water partition coefficient (Wildman–Crippen LogP) is 3.98. The fraction of sp³-hybridized carbons (Fsp3) is 0.0769. The Morgan fingerprint density at radius 1 is 1.32 bits per heavy atom. The molecule has 0 spiro atoms. The molecular weight excluding hydrogens is 292 g/mol. The van der Waals surface area contributed by atoms with Crippen molar-refractivity contribution >= 4 is 29.2 Å². The van der Waals surface area contributed by atoms with Crippen molar-refractivity contribution in [3.05, 3.63) is 52.0 Å². The van der Waals surface area contributed by atoms with Crippen LogP contribution in [-0.4, -0.2) is 18.1 Å². The standard InChI is InChI=1S/C13H8Cl2FNO2/c1-19-13(18)12-8(5-7(16)6-17-12)11-9(14)3-2-4-10(11)15/h2-6H,1H3. The van der Waals surface area contributed by atoms with Crippen LogP contribution in [0.1, 0.15) is 10.5 Å². The molecule has 0 atom stereocenters. The molecule has 0 aliphatic carbocycles. The Bertz CT molecular complexity index is 626. The molecule has 6 heteroatoms. The van der Waals surface area contributed by atoms with Crippen LogP contribution in [0.3, 0.4) is 0 Å². The second kappa shape index (κ2) is 5.55. The van der Waals surface area contributed by atoms with Gasteiger partial charge in [0.05, 0.1) is 13.3 Å². The fourth-order valence-electron chi connectivity index (χ4n) is 1.64. The first kappa shape index (κ1) is 13.8. The van der Waals surface area contributed by atoms with Crippen LogP contribution in [0, 0.1) is 5.82 Å². The van der Waals surface area contributed by atoms with Gasteiger partial charge in [-0.2, -0.15) is 0 Å². The molecule has 0 N–H and O–H groups in total. The van der Waals surface area contributed by atoms with E-state index in [2.05, 4.69) is 9.72 Å². The summed E-state index contributed by atoms with van der Waals surface area (Å²) in [5.74, 6) is -1.29. The summed E-state index contributed by atoms with van der Waals surface area (Å²) in [6.45, 7) is 0. The molecule has 1 aromatic carbocycles. The Morgan fingerprint density at radius 3 is 2.53 bits per heavy atom. The molecule has 2 rings (SSSR count). The summed E-state index contributed by atoms with van der Waals surface area (Å²) in [6.07, 6.45) is 0.931. The molecule has 2 aromatic rings. The van der Waals surface area contributed by atoms with Crippen molar-refractivity contribution < 1.29 is 13.9 Å². The Kier molecular flexibility index (Phi) is 4.02. The number of ether oxygens (including phenoxy) is 1.